The van der Waals surface area contributed by atoms with Crippen molar-refractivity contribution in [2.75, 3.05) is 0 Å². The third kappa shape index (κ3) is 3.61. The van der Waals surface area contributed by atoms with Crippen molar-refractivity contribution >= 4 is 24.0 Å². The molecule has 0 fully saturated rings. The number of hydrogen-bond acceptors (Lipinski definition) is 3. The van der Waals surface area contributed by atoms with Gasteiger partial charge in [-0.1, -0.05) is 11.6 Å². The monoisotopic (exact) mass is 244 g/mol. The Morgan fingerprint density at radius 1 is 1.57 bits per heavy atom. The quantitative estimate of drug-likeness (QED) is 0.888. The maximum absolute atomic E-state index is 11.8. The number of aromatic nitrogens is 1. The second-order valence-corrected chi connectivity index (χ2v) is 2.60. The fourth-order valence-corrected chi connectivity index (χ4v) is 0.907. The summed E-state index contributed by atoms with van der Waals surface area (Å²) in [5.41, 5.74) is 5.70. The summed E-state index contributed by atoms with van der Waals surface area (Å²) in [4.78, 5) is 3.78. The summed E-state index contributed by atoms with van der Waals surface area (Å²) in [6.07, 6.45) is 1.22. The SMILES string of the molecule is Cl.NCc1cc(OC(F)F)c(Cl)cn1. The average Bonchev–Trinajstić information content (AvgIpc) is 2.08. The highest BCUT2D eigenvalue weighted by Gasteiger charge is 2.09. The van der Waals surface area contributed by atoms with Crippen LogP contribution in [0.5, 0.6) is 5.75 Å². The molecule has 0 amide bonds. The van der Waals surface area contributed by atoms with Crippen LogP contribution in [0.1, 0.15) is 5.69 Å². The normalized spacial score (nSPS) is 9.79. The van der Waals surface area contributed by atoms with Crippen LogP contribution < -0.4 is 10.5 Å². The van der Waals surface area contributed by atoms with Gasteiger partial charge >= 0.3 is 6.61 Å². The molecule has 0 radical (unpaired) electrons. The molecule has 0 bridgehead atoms. The summed E-state index contributed by atoms with van der Waals surface area (Å²) in [7, 11) is 0. The van der Waals surface area contributed by atoms with E-state index in [4.69, 9.17) is 17.3 Å². The molecule has 0 spiro atoms. The van der Waals surface area contributed by atoms with Gasteiger partial charge in [0.05, 0.1) is 5.69 Å². The van der Waals surface area contributed by atoms with Crippen LogP contribution in [0, 0.1) is 0 Å². The van der Waals surface area contributed by atoms with E-state index in [9.17, 15) is 8.78 Å². The fourth-order valence-electron chi connectivity index (χ4n) is 0.759. The van der Waals surface area contributed by atoms with Crippen LogP contribution in [0.3, 0.4) is 0 Å². The number of pyridine rings is 1. The Hall–Kier alpha value is -0.650. The zero-order valence-corrected chi connectivity index (χ0v) is 8.49. The lowest BCUT2D eigenvalue weighted by atomic mass is 10.3. The molecular weight excluding hydrogens is 237 g/mol. The van der Waals surface area contributed by atoms with Crippen LogP contribution >= 0.6 is 24.0 Å². The zero-order valence-electron chi connectivity index (χ0n) is 6.91. The predicted octanol–water partition coefficient (Wildman–Crippen LogP) is 2.22. The minimum atomic E-state index is -2.90. The van der Waals surface area contributed by atoms with E-state index in [2.05, 4.69) is 9.72 Å². The maximum Gasteiger partial charge on any atom is 0.387 e. The first-order chi connectivity index (χ1) is 6.13. The zero-order chi connectivity index (χ0) is 9.84. The molecule has 0 saturated heterocycles. The van der Waals surface area contributed by atoms with Gasteiger partial charge in [0.15, 0.2) is 0 Å². The first-order valence-electron chi connectivity index (χ1n) is 3.42. The standard InChI is InChI=1S/C7H7ClF2N2O.ClH/c8-5-3-12-4(2-11)1-6(5)13-7(9)10;/h1,3,7H,2,11H2;1H. The van der Waals surface area contributed by atoms with E-state index in [0.717, 1.165) is 0 Å². The molecule has 0 saturated carbocycles. The maximum atomic E-state index is 11.8. The van der Waals surface area contributed by atoms with Gasteiger partial charge in [-0.05, 0) is 0 Å². The molecule has 2 N–H and O–H groups in total. The molecule has 1 heterocycles. The van der Waals surface area contributed by atoms with Crippen molar-refractivity contribution < 1.29 is 13.5 Å². The van der Waals surface area contributed by atoms with Crippen LogP contribution in [-0.2, 0) is 6.54 Å². The highest BCUT2D eigenvalue weighted by atomic mass is 35.5. The van der Waals surface area contributed by atoms with Crippen molar-refractivity contribution in [2.24, 2.45) is 5.73 Å². The Morgan fingerprint density at radius 3 is 2.71 bits per heavy atom. The van der Waals surface area contributed by atoms with E-state index in [0.29, 0.717) is 5.69 Å². The first kappa shape index (κ1) is 13.4. The van der Waals surface area contributed by atoms with Crippen molar-refractivity contribution in [2.45, 2.75) is 13.2 Å². The summed E-state index contributed by atoms with van der Waals surface area (Å²) in [6.45, 7) is -2.75. The largest absolute Gasteiger partial charge is 0.433 e. The summed E-state index contributed by atoms with van der Waals surface area (Å²) < 4.78 is 27.7. The molecule has 0 aromatic carbocycles. The highest BCUT2D eigenvalue weighted by molar-refractivity contribution is 6.31. The van der Waals surface area contributed by atoms with Gasteiger partial charge in [-0.3, -0.25) is 4.98 Å². The second kappa shape index (κ2) is 5.95. The Kier molecular flexibility index (Phi) is 5.68. The molecule has 0 aliphatic rings. The Balaban J connectivity index is 0.00000169. The molecular formula is C7H8Cl2F2N2O. The van der Waals surface area contributed by atoms with E-state index in [1.807, 2.05) is 0 Å². The Labute approximate surface area is 90.6 Å². The molecule has 14 heavy (non-hydrogen) atoms. The molecule has 1 aromatic rings. The number of rotatable bonds is 3. The van der Waals surface area contributed by atoms with Crippen LogP contribution in [-0.4, -0.2) is 11.6 Å². The van der Waals surface area contributed by atoms with E-state index < -0.39 is 6.61 Å². The van der Waals surface area contributed by atoms with Gasteiger partial charge in [0.25, 0.3) is 0 Å². The molecule has 1 aromatic heterocycles. The molecule has 0 aliphatic carbocycles. The molecule has 80 valence electrons. The van der Waals surface area contributed by atoms with E-state index >= 15 is 0 Å². The number of nitrogens with two attached hydrogens (primary N) is 1. The minimum absolute atomic E-state index is 0. The van der Waals surface area contributed by atoms with Crippen LogP contribution in [0.2, 0.25) is 5.02 Å². The summed E-state index contributed by atoms with van der Waals surface area (Å²) in [5, 5.41) is 0.0394. The van der Waals surface area contributed by atoms with Crippen molar-refractivity contribution in [1.29, 1.82) is 0 Å². The summed E-state index contributed by atoms with van der Waals surface area (Å²) >= 11 is 5.54. The third-order valence-corrected chi connectivity index (χ3v) is 1.59. The topological polar surface area (TPSA) is 48.1 Å². The number of ether oxygens (including phenoxy) is 1. The van der Waals surface area contributed by atoms with Gasteiger partial charge in [0, 0.05) is 18.8 Å². The first-order valence-corrected chi connectivity index (χ1v) is 3.80. The molecule has 0 aliphatic heterocycles. The van der Waals surface area contributed by atoms with Gasteiger partial charge in [-0.2, -0.15) is 8.78 Å². The summed E-state index contributed by atoms with van der Waals surface area (Å²) in [6, 6.07) is 1.29. The number of hydrogen-bond donors (Lipinski definition) is 1. The third-order valence-electron chi connectivity index (χ3n) is 1.30. The second-order valence-electron chi connectivity index (χ2n) is 2.19. The van der Waals surface area contributed by atoms with Crippen LogP contribution in [0.25, 0.3) is 0 Å². The van der Waals surface area contributed by atoms with Crippen molar-refractivity contribution in [3.05, 3.63) is 23.0 Å². The van der Waals surface area contributed by atoms with Gasteiger partial charge in [-0.15, -0.1) is 12.4 Å². The predicted molar refractivity (Wildman–Crippen MR) is 51.0 cm³/mol. The minimum Gasteiger partial charge on any atom is -0.433 e. The van der Waals surface area contributed by atoms with Gasteiger partial charge < -0.3 is 10.5 Å². The number of halogens is 4. The molecule has 1 rings (SSSR count). The van der Waals surface area contributed by atoms with Crippen LogP contribution in [0.4, 0.5) is 8.78 Å². The number of nitrogens with zero attached hydrogens (tertiary/aromatic N) is 1. The Morgan fingerprint density at radius 2 is 2.21 bits per heavy atom. The molecule has 0 unspecified atom stereocenters. The molecule has 0 atom stereocenters. The van der Waals surface area contributed by atoms with Crippen molar-refractivity contribution in [3.63, 3.8) is 0 Å². The summed E-state index contributed by atoms with van der Waals surface area (Å²) in [5.74, 6) is -0.105. The van der Waals surface area contributed by atoms with E-state index in [1.54, 1.807) is 0 Å². The lowest BCUT2D eigenvalue weighted by molar-refractivity contribution is -0.0498. The fraction of sp³-hybridized carbons (Fsp3) is 0.286. The highest BCUT2D eigenvalue weighted by Crippen LogP contribution is 2.25. The van der Waals surface area contributed by atoms with Gasteiger partial charge in [0.2, 0.25) is 0 Å². The van der Waals surface area contributed by atoms with Crippen molar-refractivity contribution in [1.82, 2.24) is 4.98 Å². The average molecular weight is 245 g/mol. The smallest absolute Gasteiger partial charge is 0.387 e. The van der Waals surface area contributed by atoms with E-state index in [1.165, 1.54) is 12.3 Å². The van der Waals surface area contributed by atoms with Crippen LogP contribution in [0.15, 0.2) is 12.3 Å². The lowest BCUT2D eigenvalue weighted by Gasteiger charge is -2.06. The Bertz CT molecular complexity index is 299. The molecule has 7 heteroatoms. The van der Waals surface area contributed by atoms with Crippen molar-refractivity contribution in [3.8, 4) is 5.75 Å². The number of alkyl halides is 2. The molecule has 3 nitrogen and oxygen atoms in total. The van der Waals surface area contributed by atoms with E-state index in [-0.39, 0.29) is 29.7 Å². The lowest BCUT2D eigenvalue weighted by Crippen LogP contribution is -2.05. The van der Waals surface area contributed by atoms with Gasteiger partial charge in [-0.25, -0.2) is 0 Å². The van der Waals surface area contributed by atoms with Gasteiger partial charge in [0.1, 0.15) is 10.8 Å².